The van der Waals surface area contributed by atoms with Crippen LogP contribution in [0.2, 0.25) is 0 Å². The third kappa shape index (κ3) is 9.74. The lowest BCUT2D eigenvalue weighted by Crippen LogP contribution is -2.37. The quantitative estimate of drug-likeness (QED) is 0.243. The molecule has 1 aliphatic rings. The van der Waals surface area contributed by atoms with Crippen molar-refractivity contribution in [2.75, 3.05) is 0 Å². The topological polar surface area (TPSA) is 9.23 Å². The molecule has 0 spiro atoms. The van der Waals surface area contributed by atoms with E-state index in [9.17, 15) is 0 Å². The smallest absolute Gasteiger partial charge is 0.108 e. The van der Waals surface area contributed by atoms with Crippen molar-refractivity contribution in [1.29, 1.82) is 0 Å². The summed E-state index contributed by atoms with van der Waals surface area (Å²) < 4.78 is 5.81. The average Bonchev–Trinajstić information content (AvgIpc) is 2.58. The SMILES string of the molecule is C=C1O[C@@H](CCCCCCCCCCCCC)[C@@H]1CCCCCC. The second kappa shape index (κ2) is 14.8. The number of unbranched alkanes of at least 4 members (excludes halogenated alkanes) is 13. The van der Waals surface area contributed by atoms with E-state index in [1.807, 2.05) is 0 Å². The minimum Gasteiger partial charge on any atom is -0.494 e. The fourth-order valence-corrected chi connectivity index (χ4v) is 3.91. The van der Waals surface area contributed by atoms with E-state index in [-0.39, 0.29) is 0 Å². The summed E-state index contributed by atoms with van der Waals surface area (Å²) in [6, 6.07) is 0. The molecule has 1 heterocycles. The van der Waals surface area contributed by atoms with Crippen molar-refractivity contribution in [2.24, 2.45) is 5.92 Å². The fraction of sp³-hybridized carbons (Fsp3) is 0.913. The number of hydrogen-bond donors (Lipinski definition) is 0. The highest BCUT2D eigenvalue weighted by molar-refractivity contribution is 5.05. The number of hydrogen-bond acceptors (Lipinski definition) is 1. The predicted octanol–water partition coefficient (Wildman–Crippen LogP) is 8.19. The maximum absolute atomic E-state index is 5.81. The minimum absolute atomic E-state index is 0.498. The van der Waals surface area contributed by atoms with Crippen LogP contribution in [0.5, 0.6) is 0 Å². The van der Waals surface area contributed by atoms with Gasteiger partial charge in [0.15, 0.2) is 0 Å². The highest BCUT2D eigenvalue weighted by Crippen LogP contribution is 2.38. The van der Waals surface area contributed by atoms with E-state index in [2.05, 4.69) is 20.4 Å². The summed E-state index contributed by atoms with van der Waals surface area (Å²) in [6.45, 7) is 8.64. The average molecular weight is 337 g/mol. The Morgan fingerprint density at radius 2 is 1.04 bits per heavy atom. The lowest BCUT2D eigenvalue weighted by Gasteiger charge is -2.40. The molecule has 24 heavy (non-hydrogen) atoms. The predicted molar refractivity (Wildman–Crippen MR) is 107 cm³/mol. The van der Waals surface area contributed by atoms with Crippen molar-refractivity contribution < 1.29 is 4.74 Å². The Kier molecular flexibility index (Phi) is 13.4. The molecule has 2 atom stereocenters. The molecule has 142 valence electrons. The fourth-order valence-electron chi connectivity index (χ4n) is 3.91. The van der Waals surface area contributed by atoms with Crippen molar-refractivity contribution in [3.8, 4) is 0 Å². The maximum Gasteiger partial charge on any atom is 0.108 e. The van der Waals surface area contributed by atoms with Gasteiger partial charge in [0.1, 0.15) is 6.10 Å². The summed E-state index contributed by atoms with van der Waals surface area (Å²) in [4.78, 5) is 0. The third-order valence-corrected chi connectivity index (χ3v) is 5.63. The zero-order valence-electron chi connectivity index (χ0n) is 16.8. The van der Waals surface area contributed by atoms with Crippen LogP contribution in [0.25, 0.3) is 0 Å². The Balaban J connectivity index is 1.87. The van der Waals surface area contributed by atoms with Crippen molar-refractivity contribution in [1.82, 2.24) is 0 Å². The molecule has 0 radical (unpaired) electrons. The van der Waals surface area contributed by atoms with Gasteiger partial charge in [-0.25, -0.2) is 0 Å². The normalized spacial score (nSPS) is 20.0. The first-order valence-electron chi connectivity index (χ1n) is 11.1. The van der Waals surface area contributed by atoms with Gasteiger partial charge in [-0.3, -0.25) is 0 Å². The Hall–Kier alpha value is -0.460. The van der Waals surface area contributed by atoms with Gasteiger partial charge in [-0.15, -0.1) is 0 Å². The molecule has 1 heteroatoms. The van der Waals surface area contributed by atoms with Crippen LogP contribution in [0.3, 0.4) is 0 Å². The van der Waals surface area contributed by atoms with Gasteiger partial charge >= 0.3 is 0 Å². The molecule has 0 N–H and O–H groups in total. The Bertz CT molecular complexity index is 296. The molecule has 0 bridgehead atoms. The van der Waals surface area contributed by atoms with E-state index in [0.29, 0.717) is 12.0 Å². The Labute approximate surface area is 152 Å². The van der Waals surface area contributed by atoms with Gasteiger partial charge in [-0.1, -0.05) is 110 Å². The molecule has 0 aromatic carbocycles. The van der Waals surface area contributed by atoms with Crippen LogP contribution < -0.4 is 0 Å². The van der Waals surface area contributed by atoms with Crippen molar-refractivity contribution >= 4 is 0 Å². The molecule has 0 aromatic heterocycles. The molecule has 1 fully saturated rings. The van der Waals surface area contributed by atoms with Gasteiger partial charge in [0.05, 0.1) is 11.7 Å². The third-order valence-electron chi connectivity index (χ3n) is 5.63. The van der Waals surface area contributed by atoms with Crippen LogP contribution >= 0.6 is 0 Å². The molecule has 0 aliphatic carbocycles. The summed E-state index contributed by atoms with van der Waals surface area (Å²) in [6.07, 6.45) is 24.1. The van der Waals surface area contributed by atoms with Crippen LogP contribution in [0.15, 0.2) is 12.3 Å². The first-order valence-corrected chi connectivity index (χ1v) is 11.1. The number of ether oxygens (including phenoxy) is 1. The molecular formula is C23H44O. The van der Waals surface area contributed by atoms with Gasteiger partial charge in [-0.2, -0.15) is 0 Å². The molecule has 0 saturated carbocycles. The first kappa shape index (κ1) is 21.6. The highest BCUT2D eigenvalue weighted by atomic mass is 16.5. The Morgan fingerprint density at radius 3 is 1.54 bits per heavy atom. The number of rotatable bonds is 17. The lowest BCUT2D eigenvalue weighted by atomic mass is 9.86. The summed E-state index contributed by atoms with van der Waals surface area (Å²) in [5.41, 5.74) is 0. The second-order valence-electron chi connectivity index (χ2n) is 7.90. The zero-order valence-corrected chi connectivity index (χ0v) is 16.8. The van der Waals surface area contributed by atoms with Crippen molar-refractivity contribution in [3.63, 3.8) is 0 Å². The molecule has 0 aromatic rings. The zero-order chi connectivity index (χ0) is 17.5. The van der Waals surface area contributed by atoms with Crippen LogP contribution in [0.1, 0.15) is 123 Å². The minimum atomic E-state index is 0.498. The Morgan fingerprint density at radius 1 is 0.625 bits per heavy atom. The van der Waals surface area contributed by atoms with Crippen LogP contribution in [0.4, 0.5) is 0 Å². The summed E-state index contributed by atoms with van der Waals surface area (Å²) in [7, 11) is 0. The lowest BCUT2D eigenvalue weighted by molar-refractivity contribution is -0.0524. The molecule has 0 amide bonds. The van der Waals surface area contributed by atoms with E-state index in [1.54, 1.807) is 0 Å². The van der Waals surface area contributed by atoms with E-state index in [0.717, 1.165) is 5.76 Å². The standard InChI is InChI=1S/C23H44O/c1-4-6-8-10-11-12-13-14-15-16-18-20-23-22(21(3)24-23)19-17-9-7-5-2/h22-23H,3-20H2,1-2H3/t22-,23+/m1/s1. The second-order valence-corrected chi connectivity index (χ2v) is 7.90. The van der Waals surface area contributed by atoms with Gasteiger partial charge in [0, 0.05) is 0 Å². The summed E-state index contributed by atoms with van der Waals surface area (Å²) in [5, 5.41) is 0. The molecule has 0 unspecified atom stereocenters. The summed E-state index contributed by atoms with van der Waals surface area (Å²) >= 11 is 0. The highest BCUT2D eigenvalue weighted by Gasteiger charge is 2.35. The van der Waals surface area contributed by atoms with Gasteiger partial charge in [-0.05, 0) is 19.3 Å². The van der Waals surface area contributed by atoms with Gasteiger partial charge < -0.3 is 4.74 Å². The summed E-state index contributed by atoms with van der Waals surface area (Å²) in [5.74, 6) is 1.74. The molecule has 1 rings (SSSR count). The van der Waals surface area contributed by atoms with E-state index in [1.165, 1.54) is 109 Å². The molecule has 1 aliphatic heterocycles. The van der Waals surface area contributed by atoms with E-state index < -0.39 is 0 Å². The van der Waals surface area contributed by atoms with E-state index >= 15 is 0 Å². The van der Waals surface area contributed by atoms with Crippen molar-refractivity contribution in [2.45, 2.75) is 129 Å². The van der Waals surface area contributed by atoms with Gasteiger partial charge in [0.2, 0.25) is 0 Å². The molecular weight excluding hydrogens is 292 g/mol. The van der Waals surface area contributed by atoms with Crippen LogP contribution in [0, 0.1) is 5.92 Å². The van der Waals surface area contributed by atoms with Crippen LogP contribution in [-0.2, 0) is 4.74 Å². The molecule has 1 saturated heterocycles. The van der Waals surface area contributed by atoms with Crippen LogP contribution in [-0.4, -0.2) is 6.10 Å². The van der Waals surface area contributed by atoms with E-state index in [4.69, 9.17) is 4.74 Å². The largest absolute Gasteiger partial charge is 0.494 e. The van der Waals surface area contributed by atoms with Crippen molar-refractivity contribution in [3.05, 3.63) is 12.3 Å². The molecule has 1 nitrogen and oxygen atoms in total. The monoisotopic (exact) mass is 336 g/mol. The van der Waals surface area contributed by atoms with Gasteiger partial charge in [0.25, 0.3) is 0 Å². The first-order chi connectivity index (χ1) is 11.8. The maximum atomic E-state index is 5.81.